The highest BCUT2D eigenvalue weighted by atomic mass is 79.9. The van der Waals surface area contributed by atoms with Crippen molar-refractivity contribution in [1.82, 2.24) is 9.97 Å². The number of aromatic nitrogens is 2. The van der Waals surface area contributed by atoms with E-state index in [1.54, 1.807) is 6.07 Å². The van der Waals surface area contributed by atoms with Crippen LogP contribution in [0.2, 0.25) is 0 Å². The van der Waals surface area contributed by atoms with Gasteiger partial charge in [-0.15, -0.1) is 0 Å². The van der Waals surface area contributed by atoms with Crippen LogP contribution >= 0.6 is 15.9 Å². The zero-order chi connectivity index (χ0) is 14.9. The van der Waals surface area contributed by atoms with E-state index in [0.717, 1.165) is 18.2 Å². The number of halogens is 3. The number of benzene rings is 1. The highest BCUT2D eigenvalue weighted by Gasteiger charge is 2.19. The predicted octanol–water partition coefficient (Wildman–Crippen LogP) is 4.56. The number of rotatable bonds is 2. The molecule has 0 radical (unpaired) electrons. The van der Waals surface area contributed by atoms with E-state index in [-0.39, 0.29) is 11.1 Å². The summed E-state index contributed by atoms with van der Waals surface area (Å²) in [6, 6.07) is 4.83. The summed E-state index contributed by atoms with van der Waals surface area (Å²) in [6.45, 7) is 5.92. The van der Waals surface area contributed by atoms with E-state index in [1.165, 1.54) is 0 Å². The normalized spacial score (nSPS) is 11.5. The lowest BCUT2D eigenvalue weighted by Crippen LogP contribution is -2.17. The SMILES string of the molecule is CC(C)(C)c1nc(Br)cc(Nc2cc(F)ccc2F)n1. The van der Waals surface area contributed by atoms with Gasteiger partial charge in [0.15, 0.2) is 0 Å². The highest BCUT2D eigenvalue weighted by Crippen LogP contribution is 2.25. The number of nitrogens with one attached hydrogen (secondary N) is 1. The Bertz CT molecular complexity index is 639. The lowest BCUT2D eigenvalue weighted by Gasteiger charge is -2.18. The van der Waals surface area contributed by atoms with Gasteiger partial charge in [-0.3, -0.25) is 0 Å². The van der Waals surface area contributed by atoms with Gasteiger partial charge in [-0.2, -0.15) is 0 Å². The molecular weight excluding hydrogens is 328 g/mol. The van der Waals surface area contributed by atoms with E-state index >= 15 is 0 Å². The second-order valence-corrected chi connectivity index (χ2v) is 6.21. The van der Waals surface area contributed by atoms with Crippen molar-refractivity contribution in [2.45, 2.75) is 26.2 Å². The van der Waals surface area contributed by atoms with E-state index in [9.17, 15) is 8.78 Å². The van der Waals surface area contributed by atoms with Crippen molar-refractivity contribution in [1.29, 1.82) is 0 Å². The molecule has 2 rings (SSSR count). The molecule has 0 amide bonds. The maximum atomic E-state index is 13.6. The smallest absolute Gasteiger partial charge is 0.146 e. The van der Waals surface area contributed by atoms with Crippen LogP contribution in [0.5, 0.6) is 0 Å². The molecule has 20 heavy (non-hydrogen) atoms. The molecule has 6 heteroatoms. The van der Waals surface area contributed by atoms with Crippen LogP contribution in [0.1, 0.15) is 26.6 Å². The van der Waals surface area contributed by atoms with Crippen molar-refractivity contribution < 1.29 is 8.78 Å². The van der Waals surface area contributed by atoms with E-state index in [2.05, 4.69) is 31.2 Å². The predicted molar refractivity (Wildman–Crippen MR) is 78.1 cm³/mol. The van der Waals surface area contributed by atoms with Gasteiger partial charge in [-0.25, -0.2) is 18.7 Å². The number of anilines is 2. The fourth-order valence-corrected chi connectivity index (χ4v) is 1.93. The number of nitrogens with zero attached hydrogens (tertiary/aromatic N) is 2. The molecule has 0 fully saturated rings. The molecule has 0 saturated carbocycles. The minimum atomic E-state index is -0.543. The summed E-state index contributed by atoms with van der Waals surface area (Å²) >= 11 is 3.29. The molecule has 1 aromatic carbocycles. The summed E-state index contributed by atoms with van der Waals surface area (Å²) in [5.74, 6) is -0.0519. The quantitative estimate of drug-likeness (QED) is 0.813. The first kappa shape index (κ1) is 14.8. The Hall–Kier alpha value is -1.56. The largest absolute Gasteiger partial charge is 0.338 e. The molecule has 1 heterocycles. The summed E-state index contributed by atoms with van der Waals surface area (Å²) in [4.78, 5) is 8.61. The van der Waals surface area contributed by atoms with Crippen molar-refractivity contribution in [3.8, 4) is 0 Å². The Morgan fingerprint density at radius 1 is 1.10 bits per heavy atom. The minimum Gasteiger partial charge on any atom is -0.338 e. The Labute approximate surface area is 124 Å². The van der Waals surface area contributed by atoms with E-state index in [1.807, 2.05) is 20.8 Å². The molecule has 0 spiro atoms. The molecule has 106 valence electrons. The monoisotopic (exact) mass is 341 g/mol. The van der Waals surface area contributed by atoms with Crippen LogP contribution in [0.4, 0.5) is 20.3 Å². The second kappa shape index (κ2) is 5.44. The molecule has 1 aromatic heterocycles. The van der Waals surface area contributed by atoms with Crippen LogP contribution in [0, 0.1) is 11.6 Å². The second-order valence-electron chi connectivity index (χ2n) is 5.40. The first-order valence-corrected chi connectivity index (χ1v) is 6.82. The van der Waals surface area contributed by atoms with Crippen LogP contribution < -0.4 is 5.32 Å². The minimum absolute atomic E-state index is 0.0375. The van der Waals surface area contributed by atoms with Crippen molar-refractivity contribution in [2.75, 3.05) is 5.32 Å². The van der Waals surface area contributed by atoms with Crippen LogP contribution in [-0.4, -0.2) is 9.97 Å². The summed E-state index contributed by atoms with van der Waals surface area (Å²) in [5, 5.41) is 2.77. The summed E-state index contributed by atoms with van der Waals surface area (Å²) in [7, 11) is 0. The maximum absolute atomic E-state index is 13.6. The first-order chi connectivity index (χ1) is 9.25. The molecule has 0 aliphatic rings. The zero-order valence-electron chi connectivity index (χ0n) is 11.3. The first-order valence-electron chi connectivity index (χ1n) is 6.03. The van der Waals surface area contributed by atoms with E-state index < -0.39 is 11.6 Å². The molecule has 2 aromatic rings. The molecule has 1 N–H and O–H groups in total. The van der Waals surface area contributed by atoms with Gasteiger partial charge in [0.1, 0.15) is 27.9 Å². The average Bonchev–Trinajstić information content (AvgIpc) is 2.32. The van der Waals surface area contributed by atoms with Gasteiger partial charge in [0, 0.05) is 17.5 Å². The topological polar surface area (TPSA) is 37.8 Å². The third kappa shape index (κ3) is 3.50. The maximum Gasteiger partial charge on any atom is 0.146 e. The van der Waals surface area contributed by atoms with Crippen LogP contribution in [0.25, 0.3) is 0 Å². The van der Waals surface area contributed by atoms with Gasteiger partial charge in [-0.1, -0.05) is 20.8 Å². The standard InChI is InChI=1S/C14H14BrF2N3/c1-14(2,3)13-19-11(15)7-12(20-13)18-10-6-8(16)4-5-9(10)17/h4-7H,1-3H3,(H,18,19,20). The van der Waals surface area contributed by atoms with Gasteiger partial charge >= 0.3 is 0 Å². The lowest BCUT2D eigenvalue weighted by molar-refractivity contribution is 0.544. The van der Waals surface area contributed by atoms with Crippen molar-refractivity contribution in [3.63, 3.8) is 0 Å². The van der Waals surface area contributed by atoms with Gasteiger partial charge in [0.2, 0.25) is 0 Å². The van der Waals surface area contributed by atoms with Crippen molar-refractivity contribution in [2.24, 2.45) is 0 Å². The van der Waals surface area contributed by atoms with Gasteiger partial charge in [-0.05, 0) is 28.1 Å². The number of hydrogen-bond acceptors (Lipinski definition) is 3. The zero-order valence-corrected chi connectivity index (χ0v) is 12.9. The third-order valence-corrected chi connectivity index (χ3v) is 2.96. The van der Waals surface area contributed by atoms with Gasteiger partial charge < -0.3 is 5.32 Å². The van der Waals surface area contributed by atoms with Crippen LogP contribution in [-0.2, 0) is 5.41 Å². The van der Waals surface area contributed by atoms with E-state index in [0.29, 0.717) is 16.2 Å². The molecule has 0 atom stereocenters. The Kier molecular flexibility index (Phi) is 4.04. The molecule has 0 bridgehead atoms. The third-order valence-electron chi connectivity index (χ3n) is 2.56. The van der Waals surface area contributed by atoms with Crippen LogP contribution in [0.3, 0.4) is 0 Å². The van der Waals surface area contributed by atoms with Crippen LogP contribution in [0.15, 0.2) is 28.9 Å². The van der Waals surface area contributed by atoms with Crippen molar-refractivity contribution in [3.05, 3.63) is 46.3 Å². The molecule has 0 aliphatic carbocycles. The van der Waals surface area contributed by atoms with Gasteiger partial charge in [0.25, 0.3) is 0 Å². The van der Waals surface area contributed by atoms with E-state index in [4.69, 9.17) is 0 Å². The Morgan fingerprint density at radius 2 is 1.80 bits per heavy atom. The van der Waals surface area contributed by atoms with Crippen molar-refractivity contribution >= 4 is 27.4 Å². The Balaban J connectivity index is 2.39. The number of hydrogen-bond donors (Lipinski definition) is 1. The molecule has 0 saturated heterocycles. The lowest BCUT2D eigenvalue weighted by atomic mass is 9.96. The summed E-state index contributed by atoms with van der Waals surface area (Å²) in [6.07, 6.45) is 0. The molecule has 3 nitrogen and oxygen atoms in total. The molecular formula is C14H14BrF2N3. The fourth-order valence-electron chi connectivity index (χ4n) is 1.55. The van der Waals surface area contributed by atoms with Gasteiger partial charge in [0.05, 0.1) is 5.69 Å². The Morgan fingerprint density at radius 3 is 2.45 bits per heavy atom. The molecule has 0 aliphatic heterocycles. The highest BCUT2D eigenvalue weighted by molar-refractivity contribution is 9.10. The average molecular weight is 342 g/mol. The molecule has 0 unspecified atom stereocenters. The fraction of sp³-hybridized carbons (Fsp3) is 0.286. The summed E-state index contributed by atoms with van der Waals surface area (Å²) < 4.78 is 27.3. The summed E-state index contributed by atoms with van der Waals surface area (Å²) in [5.41, 5.74) is -0.212.